The van der Waals surface area contributed by atoms with Crippen molar-refractivity contribution < 1.29 is 4.79 Å². The monoisotopic (exact) mass is 297 g/mol. The van der Waals surface area contributed by atoms with Crippen LogP contribution in [0.25, 0.3) is 0 Å². The molecule has 1 aromatic carbocycles. The minimum absolute atomic E-state index is 0.204. The third kappa shape index (κ3) is 3.16. The van der Waals surface area contributed by atoms with Crippen molar-refractivity contribution in [3.05, 3.63) is 48.3 Å². The highest BCUT2D eigenvalue weighted by Crippen LogP contribution is 2.24. The fourth-order valence-corrected chi connectivity index (χ4v) is 2.48. The number of amides is 1. The number of aromatic nitrogens is 2. The van der Waals surface area contributed by atoms with E-state index in [-0.39, 0.29) is 5.91 Å². The summed E-state index contributed by atoms with van der Waals surface area (Å²) in [5, 5.41) is 5.77. The van der Waals surface area contributed by atoms with Crippen LogP contribution in [0.2, 0.25) is 0 Å². The zero-order valence-corrected chi connectivity index (χ0v) is 12.5. The molecule has 6 nitrogen and oxygen atoms in total. The molecular weight excluding hydrogens is 278 g/mol. The van der Waals surface area contributed by atoms with Gasteiger partial charge in [-0.2, -0.15) is 0 Å². The van der Waals surface area contributed by atoms with Crippen molar-refractivity contribution in [3.8, 4) is 0 Å². The lowest BCUT2D eigenvalue weighted by atomic mass is 9.99. The lowest BCUT2D eigenvalue weighted by Crippen LogP contribution is -2.49. The Labute approximate surface area is 129 Å². The maximum atomic E-state index is 11.5. The van der Waals surface area contributed by atoms with E-state index in [1.54, 1.807) is 19.3 Å². The zero-order chi connectivity index (χ0) is 15.4. The molecule has 2 heterocycles. The SMILES string of the molecule is CNC(=O)c1ccnc(NCC2CN(c3ccccc3)C2)n1. The van der Waals surface area contributed by atoms with Crippen molar-refractivity contribution in [1.29, 1.82) is 0 Å². The number of carbonyl (C=O) groups is 1. The predicted molar refractivity (Wildman–Crippen MR) is 86.1 cm³/mol. The van der Waals surface area contributed by atoms with E-state index in [9.17, 15) is 4.79 Å². The molecule has 1 saturated heterocycles. The third-order valence-electron chi connectivity index (χ3n) is 3.74. The van der Waals surface area contributed by atoms with Crippen LogP contribution in [-0.4, -0.2) is 42.6 Å². The van der Waals surface area contributed by atoms with E-state index < -0.39 is 0 Å². The standard InChI is InChI=1S/C16H19N5O/c1-17-15(22)14-7-8-18-16(20-14)19-9-12-10-21(11-12)13-5-3-2-4-6-13/h2-8,12H,9-11H2,1H3,(H,17,22)(H,18,19,20). The van der Waals surface area contributed by atoms with Gasteiger partial charge in [0.2, 0.25) is 5.95 Å². The largest absolute Gasteiger partial charge is 0.371 e. The van der Waals surface area contributed by atoms with Crippen molar-refractivity contribution in [2.75, 3.05) is 36.9 Å². The van der Waals surface area contributed by atoms with Gasteiger partial charge in [0.15, 0.2) is 0 Å². The first kappa shape index (κ1) is 14.3. The van der Waals surface area contributed by atoms with Gasteiger partial charge in [0.1, 0.15) is 5.69 Å². The molecule has 0 aliphatic carbocycles. The smallest absolute Gasteiger partial charge is 0.269 e. The van der Waals surface area contributed by atoms with Crippen molar-refractivity contribution in [2.45, 2.75) is 0 Å². The van der Waals surface area contributed by atoms with Gasteiger partial charge in [-0.1, -0.05) is 18.2 Å². The van der Waals surface area contributed by atoms with Crippen molar-refractivity contribution >= 4 is 17.5 Å². The van der Waals surface area contributed by atoms with Crippen LogP contribution in [-0.2, 0) is 0 Å². The quantitative estimate of drug-likeness (QED) is 0.872. The van der Waals surface area contributed by atoms with E-state index in [1.165, 1.54) is 5.69 Å². The van der Waals surface area contributed by atoms with Gasteiger partial charge in [-0.25, -0.2) is 9.97 Å². The number of hydrogen-bond acceptors (Lipinski definition) is 5. The molecule has 6 heteroatoms. The topological polar surface area (TPSA) is 70.2 Å². The van der Waals surface area contributed by atoms with Gasteiger partial charge in [0.25, 0.3) is 5.91 Å². The Morgan fingerprint density at radius 3 is 2.77 bits per heavy atom. The van der Waals surface area contributed by atoms with Crippen LogP contribution < -0.4 is 15.5 Å². The van der Waals surface area contributed by atoms with Crippen molar-refractivity contribution in [2.24, 2.45) is 5.92 Å². The minimum Gasteiger partial charge on any atom is -0.371 e. The van der Waals surface area contributed by atoms with Crippen LogP contribution in [0.5, 0.6) is 0 Å². The van der Waals surface area contributed by atoms with E-state index in [4.69, 9.17) is 0 Å². The average molecular weight is 297 g/mol. The molecular formula is C16H19N5O. The van der Waals surface area contributed by atoms with E-state index in [0.717, 1.165) is 19.6 Å². The fraction of sp³-hybridized carbons (Fsp3) is 0.312. The molecule has 0 unspecified atom stereocenters. The summed E-state index contributed by atoms with van der Waals surface area (Å²) >= 11 is 0. The summed E-state index contributed by atoms with van der Waals surface area (Å²) in [6.07, 6.45) is 1.59. The lowest BCUT2D eigenvalue weighted by Gasteiger charge is -2.41. The summed E-state index contributed by atoms with van der Waals surface area (Å²) in [4.78, 5) is 22.2. The Bertz CT molecular complexity index is 640. The second-order valence-corrected chi connectivity index (χ2v) is 5.33. The van der Waals surface area contributed by atoms with E-state index >= 15 is 0 Å². The van der Waals surface area contributed by atoms with Gasteiger partial charge in [0.05, 0.1) is 0 Å². The van der Waals surface area contributed by atoms with E-state index in [0.29, 0.717) is 17.6 Å². The number of rotatable bonds is 5. The fourth-order valence-electron chi connectivity index (χ4n) is 2.48. The van der Waals surface area contributed by atoms with E-state index in [1.807, 2.05) is 6.07 Å². The van der Waals surface area contributed by atoms with Crippen LogP contribution in [0.1, 0.15) is 10.5 Å². The highest BCUT2D eigenvalue weighted by molar-refractivity contribution is 5.92. The molecule has 0 saturated carbocycles. The van der Waals surface area contributed by atoms with Crippen LogP contribution in [0, 0.1) is 5.92 Å². The molecule has 0 atom stereocenters. The minimum atomic E-state index is -0.204. The first-order valence-electron chi connectivity index (χ1n) is 7.35. The van der Waals surface area contributed by atoms with Crippen molar-refractivity contribution in [1.82, 2.24) is 15.3 Å². The Kier molecular flexibility index (Phi) is 4.18. The number of para-hydroxylation sites is 1. The number of anilines is 2. The Morgan fingerprint density at radius 2 is 2.05 bits per heavy atom. The van der Waals surface area contributed by atoms with Crippen LogP contribution >= 0.6 is 0 Å². The Balaban J connectivity index is 1.49. The second kappa shape index (κ2) is 6.43. The number of nitrogens with zero attached hydrogens (tertiary/aromatic N) is 3. The van der Waals surface area contributed by atoms with Crippen molar-refractivity contribution in [3.63, 3.8) is 0 Å². The summed E-state index contributed by atoms with van der Waals surface area (Å²) in [5.74, 6) is 0.857. The summed E-state index contributed by atoms with van der Waals surface area (Å²) < 4.78 is 0. The Morgan fingerprint density at radius 1 is 1.27 bits per heavy atom. The molecule has 0 spiro atoms. The highest BCUT2D eigenvalue weighted by atomic mass is 16.1. The predicted octanol–water partition coefficient (Wildman–Crippen LogP) is 1.38. The van der Waals surface area contributed by atoms with Gasteiger partial charge in [-0.15, -0.1) is 0 Å². The second-order valence-electron chi connectivity index (χ2n) is 5.33. The number of nitrogens with one attached hydrogen (secondary N) is 2. The molecule has 1 fully saturated rings. The number of hydrogen-bond donors (Lipinski definition) is 2. The maximum Gasteiger partial charge on any atom is 0.269 e. The molecule has 2 aromatic rings. The van der Waals surface area contributed by atoms with Crippen LogP contribution in [0.4, 0.5) is 11.6 Å². The average Bonchev–Trinajstić information content (AvgIpc) is 2.54. The highest BCUT2D eigenvalue weighted by Gasteiger charge is 2.26. The molecule has 1 aliphatic heterocycles. The normalized spacial score (nSPS) is 14.3. The zero-order valence-electron chi connectivity index (χ0n) is 12.5. The summed E-state index contributed by atoms with van der Waals surface area (Å²) in [7, 11) is 1.59. The first-order valence-corrected chi connectivity index (χ1v) is 7.35. The molecule has 0 bridgehead atoms. The lowest BCUT2D eigenvalue weighted by molar-refractivity contribution is 0.0958. The van der Waals surface area contributed by atoms with Gasteiger partial charge in [-0.05, 0) is 18.2 Å². The molecule has 114 valence electrons. The van der Waals surface area contributed by atoms with E-state index in [2.05, 4.69) is 49.8 Å². The molecule has 2 N–H and O–H groups in total. The summed E-state index contributed by atoms with van der Waals surface area (Å²) in [6.45, 7) is 2.85. The molecule has 3 rings (SSSR count). The molecule has 22 heavy (non-hydrogen) atoms. The number of carbonyl (C=O) groups excluding carboxylic acids is 1. The van der Waals surface area contributed by atoms with Gasteiger partial charge in [-0.3, -0.25) is 4.79 Å². The third-order valence-corrected chi connectivity index (χ3v) is 3.74. The number of benzene rings is 1. The first-order chi connectivity index (χ1) is 10.8. The molecule has 1 aliphatic rings. The summed E-state index contributed by atoms with van der Waals surface area (Å²) in [6, 6.07) is 12.0. The van der Waals surface area contributed by atoms with Crippen LogP contribution in [0.3, 0.4) is 0 Å². The molecule has 1 aromatic heterocycles. The summed E-state index contributed by atoms with van der Waals surface area (Å²) in [5.41, 5.74) is 1.64. The van der Waals surface area contributed by atoms with Gasteiger partial charge < -0.3 is 15.5 Å². The van der Waals surface area contributed by atoms with Gasteiger partial charge >= 0.3 is 0 Å². The maximum absolute atomic E-state index is 11.5. The van der Waals surface area contributed by atoms with Crippen LogP contribution in [0.15, 0.2) is 42.6 Å². The Hall–Kier alpha value is -2.63. The molecule has 0 radical (unpaired) electrons. The molecule has 1 amide bonds. The van der Waals surface area contributed by atoms with Gasteiger partial charge in [0, 0.05) is 44.5 Å².